The molecule has 1 aliphatic carbocycles. The van der Waals surface area contributed by atoms with Crippen molar-refractivity contribution in [1.82, 2.24) is 5.32 Å². The van der Waals surface area contributed by atoms with Gasteiger partial charge in [-0.1, -0.05) is 29.8 Å². The quantitative estimate of drug-likeness (QED) is 0.587. The van der Waals surface area contributed by atoms with Crippen molar-refractivity contribution in [3.63, 3.8) is 0 Å². The first-order valence-electron chi connectivity index (χ1n) is 5.03. The van der Waals surface area contributed by atoms with Crippen molar-refractivity contribution in [2.24, 2.45) is 5.41 Å². The topological polar surface area (TPSA) is 58.6 Å². The molecule has 0 aromatic rings. The van der Waals surface area contributed by atoms with Gasteiger partial charge in [-0.25, -0.2) is 0 Å². The fourth-order valence-electron chi connectivity index (χ4n) is 1.71. The number of carbonyl (C=O) groups is 1. The number of alkyl halides is 1. The van der Waals surface area contributed by atoms with Crippen LogP contribution in [0.25, 0.3) is 0 Å². The second kappa shape index (κ2) is 4.80. The molecule has 0 amide bonds. The minimum atomic E-state index is -0.323. The lowest BCUT2D eigenvalue weighted by atomic mass is 9.64. The zero-order chi connectivity index (χ0) is 11.6. The maximum atomic E-state index is 11.1. The summed E-state index contributed by atoms with van der Waals surface area (Å²) in [4.78, 5) is 10.8. The van der Waals surface area contributed by atoms with Crippen LogP contribution in [0.15, 0.2) is 0 Å². The molecule has 0 aromatic heterocycles. The van der Waals surface area contributed by atoms with Crippen molar-refractivity contribution < 1.29 is 14.6 Å². The molecule has 15 heavy (non-hydrogen) atoms. The standard InChI is InChI=1S/C10H18BrNO3/c1-10(2)7(4-8(10)13)12-5-6(11)9(14)15-3/h6-8,12-13H,4-5H2,1-3H3. The molecule has 1 aliphatic rings. The van der Waals surface area contributed by atoms with Gasteiger partial charge in [0.25, 0.3) is 0 Å². The van der Waals surface area contributed by atoms with Crippen LogP contribution < -0.4 is 5.32 Å². The molecule has 3 unspecified atom stereocenters. The first-order chi connectivity index (χ1) is 6.89. The first-order valence-corrected chi connectivity index (χ1v) is 5.94. The van der Waals surface area contributed by atoms with Crippen molar-refractivity contribution in [1.29, 1.82) is 0 Å². The van der Waals surface area contributed by atoms with Crippen molar-refractivity contribution in [3.05, 3.63) is 0 Å². The number of aliphatic hydroxyl groups is 1. The van der Waals surface area contributed by atoms with E-state index in [0.29, 0.717) is 6.54 Å². The normalized spacial score (nSPS) is 30.5. The molecule has 0 radical (unpaired) electrons. The highest BCUT2D eigenvalue weighted by Gasteiger charge is 2.47. The number of halogens is 1. The summed E-state index contributed by atoms with van der Waals surface area (Å²) in [5, 5.41) is 12.8. The Morgan fingerprint density at radius 1 is 1.73 bits per heavy atom. The predicted molar refractivity (Wildman–Crippen MR) is 60.9 cm³/mol. The Bertz CT molecular complexity index is 245. The van der Waals surface area contributed by atoms with E-state index in [2.05, 4.69) is 26.0 Å². The average molecular weight is 280 g/mol. The van der Waals surface area contributed by atoms with E-state index in [9.17, 15) is 9.90 Å². The molecule has 0 saturated heterocycles. The summed E-state index contributed by atoms with van der Waals surface area (Å²) in [6.07, 6.45) is 0.496. The van der Waals surface area contributed by atoms with Crippen LogP contribution in [0, 0.1) is 5.41 Å². The van der Waals surface area contributed by atoms with Crippen LogP contribution in [0.5, 0.6) is 0 Å². The van der Waals surface area contributed by atoms with E-state index < -0.39 is 0 Å². The van der Waals surface area contributed by atoms with Gasteiger partial charge in [-0.15, -0.1) is 0 Å². The van der Waals surface area contributed by atoms with Crippen LogP contribution in [-0.2, 0) is 9.53 Å². The molecule has 0 heterocycles. The molecule has 2 N–H and O–H groups in total. The lowest BCUT2D eigenvalue weighted by molar-refractivity contribution is -0.139. The van der Waals surface area contributed by atoms with Crippen LogP contribution in [0.4, 0.5) is 0 Å². The number of ether oxygens (including phenoxy) is 1. The summed E-state index contributed by atoms with van der Waals surface area (Å²) in [5.41, 5.74) is -0.108. The number of hydrogen-bond donors (Lipinski definition) is 2. The molecule has 0 aromatic carbocycles. The Morgan fingerprint density at radius 2 is 2.33 bits per heavy atom. The van der Waals surface area contributed by atoms with Gasteiger partial charge in [0, 0.05) is 18.0 Å². The van der Waals surface area contributed by atoms with Crippen LogP contribution in [0.1, 0.15) is 20.3 Å². The molecule has 1 saturated carbocycles. The molecular formula is C10H18BrNO3. The van der Waals surface area contributed by atoms with Gasteiger partial charge < -0.3 is 15.2 Å². The summed E-state index contributed by atoms with van der Waals surface area (Å²) in [7, 11) is 1.37. The van der Waals surface area contributed by atoms with Gasteiger partial charge in [-0.05, 0) is 6.42 Å². The van der Waals surface area contributed by atoms with E-state index >= 15 is 0 Å². The van der Waals surface area contributed by atoms with E-state index in [4.69, 9.17) is 0 Å². The largest absolute Gasteiger partial charge is 0.468 e. The molecule has 5 heteroatoms. The van der Waals surface area contributed by atoms with Gasteiger partial charge in [-0.2, -0.15) is 0 Å². The Hall–Kier alpha value is -0.130. The monoisotopic (exact) mass is 279 g/mol. The number of carbonyl (C=O) groups excluding carboxylic acids is 1. The second-order valence-electron chi connectivity index (χ2n) is 4.52. The van der Waals surface area contributed by atoms with Crippen LogP contribution in [0.2, 0.25) is 0 Å². The van der Waals surface area contributed by atoms with E-state index in [1.807, 2.05) is 13.8 Å². The Morgan fingerprint density at radius 3 is 2.73 bits per heavy atom. The average Bonchev–Trinajstić information content (AvgIpc) is 2.22. The summed E-state index contributed by atoms with van der Waals surface area (Å²) in [6.45, 7) is 4.55. The molecule has 1 fully saturated rings. The molecule has 0 spiro atoms. The Balaban J connectivity index is 2.30. The van der Waals surface area contributed by atoms with Gasteiger partial charge in [0.05, 0.1) is 13.2 Å². The maximum Gasteiger partial charge on any atom is 0.320 e. The van der Waals surface area contributed by atoms with Crippen molar-refractivity contribution in [2.75, 3.05) is 13.7 Å². The summed E-state index contributed by atoms with van der Waals surface area (Å²) in [6, 6.07) is 0.261. The number of nitrogens with one attached hydrogen (secondary N) is 1. The van der Waals surface area contributed by atoms with Gasteiger partial charge in [0.15, 0.2) is 0 Å². The zero-order valence-corrected chi connectivity index (χ0v) is 10.9. The van der Waals surface area contributed by atoms with Gasteiger partial charge in [0.2, 0.25) is 0 Å². The van der Waals surface area contributed by atoms with E-state index in [0.717, 1.165) is 6.42 Å². The van der Waals surface area contributed by atoms with Crippen LogP contribution in [0.3, 0.4) is 0 Å². The molecule has 0 aliphatic heterocycles. The lowest BCUT2D eigenvalue weighted by Gasteiger charge is -2.49. The fraction of sp³-hybridized carbons (Fsp3) is 0.900. The SMILES string of the molecule is COC(=O)C(Br)CNC1CC(O)C1(C)C. The lowest BCUT2D eigenvalue weighted by Crippen LogP contribution is -2.60. The van der Waals surface area contributed by atoms with Crippen molar-refractivity contribution in [3.8, 4) is 0 Å². The summed E-state index contributed by atoms with van der Waals surface area (Å²) < 4.78 is 4.59. The third kappa shape index (κ3) is 2.71. The highest BCUT2D eigenvalue weighted by Crippen LogP contribution is 2.40. The highest BCUT2D eigenvalue weighted by atomic mass is 79.9. The highest BCUT2D eigenvalue weighted by molar-refractivity contribution is 9.10. The summed E-state index contributed by atoms with van der Waals surface area (Å²) in [5.74, 6) is -0.278. The third-order valence-corrected chi connectivity index (χ3v) is 3.91. The number of methoxy groups -OCH3 is 1. The smallest absolute Gasteiger partial charge is 0.320 e. The second-order valence-corrected chi connectivity index (χ2v) is 5.63. The minimum Gasteiger partial charge on any atom is -0.468 e. The molecule has 0 bridgehead atoms. The minimum absolute atomic E-state index is 0.108. The Labute approximate surface area is 98.5 Å². The number of hydrogen-bond acceptors (Lipinski definition) is 4. The molecule has 4 nitrogen and oxygen atoms in total. The zero-order valence-electron chi connectivity index (χ0n) is 9.29. The fourth-order valence-corrected chi connectivity index (χ4v) is 2.08. The van der Waals surface area contributed by atoms with Gasteiger partial charge in [0.1, 0.15) is 4.83 Å². The van der Waals surface area contributed by atoms with Crippen LogP contribution >= 0.6 is 15.9 Å². The maximum absolute atomic E-state index is 11.1. The molecular weight excluding hydrogens is 262 g/mol. The molecule has 1 rings (SSSR count). The Kier molecular flexibility index (Phi) is 4.14. The number of aliphatic hydroxyl groups excluding tert-OH is 1. The predicted octanol–water partition coefficient (Wildman–Crippen LogP) is 0.672. The third-order valence-electron chi connectivity index (χ3n) is 3.22. The number of rotatable bonds is 4. The van der Waals surface area contributed by atoms with Crippen molar-refractivity contribution >= 4 is 21.9 Å². The first kappa shape index (κ1) is 12.9. The number of esters is 1. The van der Waals surface area contributed by atoms with Crippen molar-refractivity contribution in [2.45, 2.75) is 37.2 Å². The van der Waals surface area contributed by atoms with Gasteiger partial charge >= 0.3 is 5.97 Å². The van der Waals surface area contributed by atoms with E-state index in [-0.39, 0.29) is 28.4 Å². The van der Waals surface area contributed by atoms with Gasteiger partial charge in [-0.3, -0.25) is 4.79 Å². The molecule has 3 atom stereocenters. The van der Waals surface area contributed by atoms with E-state index in [1.165, 1.54) is 7.11 Å². The van der Waals surface area contributed by atoms with Crippen LogP contribution in [-0.4, -0.2) is 41.7 Å². The summed E-state index contributed by atoms with van der Waals surface area (Å²) >= 11 is 3.24. The molecule has 88 valence electrons. The van der Waals surface area contributed by atoms with E-state index in [1.54, 1.807) is 0 Å².